The average molecular weight is 334 g/mol. The molecule has 3 heteroatoms. The third-order valence-electron chi connectivity index (χ3n) is 5.00. The number of anilines is 1. The van der Waals surface area contributed by atoms with Gasteiger partial charge in [0.25, 0.3) is 0 Å². The lowest BCUT2D eigenvalue weighted by Crippen LogP contribution is -2.33. The molecule has 1 heterocycles. The van der Waals surface area contributed by atoms with E-state index in [1.807, 2.05) is 5.41 Å². The molecule has 1 aliphatic carbocycles. The normalized spacial score (nSPS) is 20.1. The van der Waals surface area contributed by atoms with E-state index in [0.717, 1.165) is 0 Å². The third kappa shape index (κ3) is 2.31. The molecule has 1 unspecified atom stereocenters. The van der Waals surface area contributed by atoms with E-state index in [1.54, 1.807) is 11.8 Å². The fraction of sp³-hybridized carbons (Fsp3) is 0.238. The van der Waals surface area contributed by atoms with Crippen molar-refractivity contribution in [2.45, 2.75) is 37.1 Å². The Hall–Kier alpha value is -1.97. The van der Waals surface area contributed by atoms with Gasteiger partial charge in [-0.1, -0.05) is 44.3 Å². The summed E-state index contributed by atoms with van der Waals surface area (Å²) in [5.41, 5.74) is 10.1. The van der Waals surface area contributed by atoms with E-state index < -0.39 is 0 Å². The molecule has 2 aliphatic rings. The molecule has 0 amide bonds. The largest absolute Gasteiger partial charge is 0.284 e. The molecule has 0 saturated heterocycles. The SMILES string of the molecule is C=CSc1ccc2c(c1)C(C)(C)c1cc(N3C=CC(C)N3)ccc1-2. The van der Waals surface area contributed by atoms with Crippen molar-refractivity contribution in [1.82, 2.24) is 5.43 Å². The monoisotopic (exact) mass is 334 g/mol. The van der Waals surface area contributed by atoms with Crippen molar-refractivity contribution in [1.29, 1.82) is 0 Å². The average Bonchev–Trinajstić information content (AvgIpc) is 3.09. The van der Waals surface area contributed by atoms with E-state index in [1.165, 1.54) is 32.8 Å². The Bertz CT molecular complexity index is 851. The van der Waals surface area contributed by atoms with Gasteiger partial charge in [-0.25, -0.2) is 5.43 Å². The summed E-state index contributed by atoms with van der Waals surface area (Å²) in [5.74, 6) is 0. The van der Waals surface area contributed by atoms with E-state index in [2.05, 4.69) is 86.5 Å². The Morgan fingerprint density at radius 1 is 1.12 bits per heavy atom. The first kappa shape index (κ1) is 15.6. The molecule has 2 aromatic carbocycles. The van der Waals surface area contributed by atoms with Gasteiger partial charge in [-0.15, -0.1) is 0 Å². The van der Waals surface area contributed by atoms with Gasteiger partial charge in [-0.3, -0.25) is 5.01 Å². The minimum absolute atomic E-state index is 0.00741. The van der Waals surface area contributed by atoms with Gasteiger partial charge in [0.2, 0.25) is 0 Å². The topological polar surface area (TPSA) is 15.3 Å². The Kier molecular flexibility index (Phi) is 3.59. The summed E-state index contributed by atoms with van der Waals surface area (Å²) in [5, 5.41) is 4.00. The van der Waals surface area contributed by atoms with Crippen LogP contribution in [0.25, 0.3) is 11.1 Å². The van der Waals surface area contributed by atoms with E-state index in [0.29, 0.717) is 6.04 Å². The van der Waals surface area contributed by atoms with Crippen molar-refractivity contribution >= 4 is 17.4 Å². The summed E-state index contributed by atoms with van der Waals surface area (Å²) in [7, 11) is 0. The lowest BCUT2D eigenvalue weighted by atomic mass is 9.82. The van der Waals surface area contributed by atoms with Crippen LogP contribution in [0.15, 0.2) is 65.6 Å². The molecule has 0 spiro atoms. The number of nitrogens with one attached hydrogen (secondary N) is 1. The maximum atomic E-state index is 3.83. The zero-order valence-electron chi connectivity index (χ0n) is 14.3. The lowest BCUT2D eigenvalue weighted by molar-refractivity contribution is 0.655. The fourth-order valence-corrected chi connectivity index (χ4v) is 4.23. The molecule has 4 rings (SSSR count). The number of rotatable bonds is 3. The molecule has 0 fully saturated rings. The summed E-state index contributed by atoms with van der Waals surface area (Å²) in [6.07, 6.45) is 4.28. The molecule has 0 aromatic heterocycles. The number of hydrazine groups is 1. The van der Waals surface area contributed by atoms with Crippen molar-refractivity contribution in [3.8, 4) is 11.1 Å². The molecule has 1 N–H and O–H groups in total. The van der Waals surface area contributed by atoms with Gasteiger partial charge in [0, 0.05) is 22.6 Å². The van der Waals surface area contributed by atoms with E-state index >= 15 is 0 Å². The Balaban J connectivity index is 1.80. The van der Waals surface area contributed by atoms with Crippen molar-refractivity contribution < 1.29 is 0 Å². The summed E-state index contributed by atoms with van der Waals surface area (Å²) < 4.78 is 0. The van der Waals surface area contributed by atoms with Crippen LogP contribution < -0.4 is 10.4 Å². The number of hydrogen-bond acceptors (Lipinski definition) is 3. The Labute approximate surface area is 148 Å². The molecule has 0 radical (unpaired) electrons. The first-order valence-electron chi connectivity index (χ1n) is 8.31. The quantitative estimate of drug-likeness (QED) is 0.751. The predicted octanol–water partition coefficient (Wildman–Crippen LogP) is 5.46. The summed E-state index contributed by atoms with van der Waals surface area (Å²) in [6, 6.07) is 13.9. The van der Waals surface area contributed by atoms with Crippen molar-refractivity contribution in [3.05, 3.63) is 71.8 Å². The number of fused-ring (bicyclic) bond motifs is 3. The third-order valence-corrected chi connectivity index (χ3v) is 5.69. The van der Waals surface area contributed by atoms with Crippen LogP contribution in [-0.2, 0) is 5.41 Å². The fourth-order valence-electron chi connectivity index (χ4n) is 3.71. The summed E-state index contributed by atoms with van der Waals surface area (Å²) in [4.78, 5) is 1.25. The van der Waals surface area contributed by atoms with Gasteiger partial charge in [0.05, 0.1) is 5.69 Å². The van der Waals surface area contributed by atoms with Gasteiger partial charge in [0.15, 0.2) is 0 Å². The number of nitrogens with zero attached hydrogens (tertiary/aromatic N) is 1. The van der Waals surface area contributed by atoms with E-state index in [9.17, 15) is 0 Å². The van der Waals surface area contributed by atoms with Crippen LogP contribution in [0.5, 0.6) is 0 Å². The zero-order valence-corrected chi connectivity index (χ0v) is 15.2. The Morgan fingerprint density at radius 3 is 2.50 bits per heavy atom. The van der Waals surface area contributed by atoms with Crippen LogP contribution >= 0.6 is 11.8 Å². The first-order valence-corrected chi connectivity index (χ1v) is 9.19. The van der Waals surface area contributed by atoms with E-state index in [4.69, 9.17) is 0 Å². The highest BCUT2D eigenvalue weighted by molar-refractivity contribution is 8.02. The maximum Gasteiger partial charge on any atom is 0.0574 e. The van der Waals surface area contributed by atoms with Crippen LogP contribution in [0, 0.1) is 0 Å². The Morgan fingerprint density at radius 2 is 1.83 bits per heavy atom. The lowest BCUT2D eigenvalue weighted by Gasteiger charge is -2.24. The van der Waals surface area contributed by atoms with Gasteiger partial charge >= 0.3 is 0 Å². The van der Waals surface area contributed by atoms with Crippen LogP contribution in [0.4, 0.5) is 5.69 Å². The highest BCUT2D eigenvalue weighted by Gasteiger charge is 2.36. The number of hydrogen-bond donors (Lipinski definition) is 1. The van der Waals surface area contributed by atoms with E-state index in [-0.39, 0.29) is 5.41 Å². The molecule has 24 heavy (non-hydrogen) atoms. The van der Waals surface area contributed by atoms with Gasteiger partial charge in [-0.2, -0.15) is 0 Å². The molecule has 1 aliphatic heterocycles. The van der Waals surface area contributed by atoms with Crippen molar-refractivity contribution in [3.63, 3.8) is 0 Å². The number of thioether (sulfide) groups is 1. The molecule has 0 saturated carbocycles. The molecule has 2 aromatic rings. The predicted molar refractivity (Wildman–Crippen MR) is 104 cm³/mol. The summed E-state index contributed by atoms with van der Waals surface area (Å²) >= 11 is 1.68. The van der Waals surface area contributed by atoms with Crippen molar-refractivity contribution in [2.75, 3.05) is 5.01 Å². The minimum atomic E-state index is 0.00741. The summed E-state index contributed by atoms with van der Waals surface area (Å²) in [6.45, 7) is 10.6. The molecule has 2 nitrogen and oxygen atoms in total. The van der Waals surface area contributed by atoms with Crippen LogP contribution in [0.1, 0.15) is 31.9 Å². The molecular formula is C21H22N2S. The molecular weight excluding hydrogens is 312 g/mol. The standard InChI is InChI=1S/C21H22N2S/c1-5-24-16-7-9-18-17-8-6-15(23-11-10-14(2)22-23)12-19(17)21(3,4)20(18)13-16/h5-14,22H,1H2,2-4H3. The van der Waals surface area contributed by atoms with Crippen LogP contribution in [0.3, 0.4) is 0 Å². The minimum Gasteiger partial charge on any atom is -0.284 e. The second-order valence-corrected chi connectivity index (χ2v) is 8.02. The maximum absolute atomic E-state index is 3.83. The van der Waals surface area contributed by atoms with Gasteiger partial charge in [-0.05, 0) is 64.9 Å². The second kappa shape index (κ2) is 5.54. The highest BCUT2D eigenvalue weighted by Crippen LogP contribution is 2.50. The van der Waals surface area contributed by atoms with Crippen LogP contribution in [-0.4, -0.2) is 6.04 Å². The zero-order chi connectivity index (χ0) is 16.9. The first-order chi connectivity index (χ1) is 11.5. The second-order valence-electron chi connectivity index (χ2n) is 6.98. The highest BCUT2D eigenvalue weighted by atomic mass is 32.2. The van der Waals surface area contributed by atoms with Crippen molar-refractivity contribution in [2.24, 2.45) is 0 Å². The van der Waals surface area contributed by atoms with Gasteiger partial charge in [0.1, 0.15) is 0 Å². The molecule has 122 valence electrons. The number of benzene rings is 2. The smallest absolute Gasteiger partial charge is 0.0574 e. The van der Waals surface area contributed by atoms with Crippen LogP contribution in [0.2, 0.25) is 0 Å². The molecule has 1 atom stereocenters. The van der Waals surface area contributed by atoms with Gasteiger partial charge < -0.3 is 0 Å². The molecule has 0 bridgehead atoms.